The molecule has 1 heterocycles. The van der Waals surface area contributed by atoms with Gasteiger partial charge < -0.3 is 15.4 Å². The van der Waals surface area contributed by atoms with E-state index in [0.29, 0.717) is 11.1 Å². The molecule has 210 valence electrons. The molecule has 0 saturated heterocycles. The number of primary amides is 1. The molecule has 1 aliphatic heterocycles. The number of esters is 1. The molecule has 1 atom stereocenters. The van der Waals surface area contributed by atoms with Gasteiger partial charge in [0.05, 0.1) is 29.9 Å². The van der Waals surface area contributed by atoms with Crippen LogP contribution in [0.1, 0.15) is 42.1 Å². The van der Waals surface area contributed by atoms with Crippen LogP contribution in [0, 0.1) is 16.7 Å². The number of methoxy groups -OCH3 is 1. The molecule has 0 bridgehead atoms. The second-order valence-electron chi connectivity index (χ2n) is 9.02. The molecular formula is C27H27F3N6O4. The van der Waals surface area contributed by atoms with Crippen LogP contribution in [-0.2, 0) is 26.9 Å². The second-order valence-corrected chi connectivity index (χ2v) is 9.02. The first-order valence-corrected chi connectivity index (χ1v) is 11.9. The van der Waals surface area contributed by atoms with E-state index in [1.165, 1.54) is 43.0 Å². The van der Waals surface area contributed by atoms with Crippen molar-refractivity contribution in [1.29, 1.82) is 10.7 Å². The number of nitriles is 1. The quantitative estimate of drug-likeness (QED) is 0.516. The molecule has 0 radical (unpaired) electrons. The Labute approximate surface area is 228 Å². The molecule has 0 unspecified atom stereocenters. The average Bonchev–Trinajstić information content (AvgIpc) is 2.90. The normalized spacial score (nSPS) is 15.6. The molecule has 3 amide bonds. The van der Waals surface area contributed by atoms with Gasteiger partial charge in [0.1, 0.15) is 6.04 Å². The number of halogens is 3. The fraction of sp³-hybridized carbons (Fsp3) is 0.296. The SMILES string of the molecule is COC(=O)C1=C(C)N(c2cccc(C(F)(F)F)c2)C(=N)N(C(N)=O)[C@@H]1c1ccc(C#N)cc1CCN(C)C(C)=O. The standard InChI is InChI=1S/C27H27F3N6O4/c1-15-22(24(38)40-4)23(21-9-8-17(14-31)12-18(21)10-11-34(3)16(2)37)36(26(33)39)25(32)35(15)20-7-5-6-19(13-20)27(28,29)30/h5-9,12-13,23,32H,10-11H2,1-4H3,(H2,33,39)/t23-/m1/s1. The summed E-state index contributed by atoms with van der Waals surface area (Å²) in [6.45, 7) is 3.03. The lowest BCUT2D eigenvalue weighted by atomic mass is 9.88. The lowest BCUT2D eigenvalue weighted by Gasteiger charge is -2.43. The molecule has 3 rings (SSSR count). The van der Waals surface area contributed by atoms with Crippen LogP contribution in [0.4, 0.5) is 23.7 Å². The van der Waals surface area contributed by atoms with E-state index in [1.807, 2.05) is 6.07 Å². The molecule has 3 N–H and O–H groups in total. The second kappa shape index (κ2) is 11.5. The molecule has 0 fully saturated rings. The van der Waals surface area contributed by atoms with Gasteiger partial charge in [-0.1, -0.05) is 12.1 Å². The van der Waals surface area contributed by atoms with Gasteiger partial charge in [-0.25, -0.2) is 9.59 Å². The van der Waals surface area contributed by atoms with E-state index in [9.17, 15) is 32.8 Å². The Morgan fingerprint density at radius 1 is 1.20 bits per heavy atom. The number of carbonyl (C=O) groups is 3. The van der Waals surface area contributed by atoms with E-state index in [1.54, 1.807) is 7.05 Å². The maximum Gasteiger partial charge on any atom is 0.416 e. The Balaban J connectivity index is 2.31. The zero-order valence-corrected chi connectivity index (χ0v) is 22.2. The van der Waals surface area contributed by atoms with Crippen molar-refractivity contribution in [2.75, 3.05) is 25.6 Å². The number of nitrogens with one attached hydrogen (secondary N) is 1. The maximum atomic E-state index is 13.5. The molecule has 40 heavy (non-hydrogen) atoms. The number of hydrogen-bond donors (Lipinski definition) is 2. The molecule has 0 aliphatic carbocycles. The van der Waals surface area contributed by atoms with Crippen LogP contribution in [-0.4, -0.2) is 54.4 Å². The van der Waals surface area contributed by atoms with Gasteiger partial charge in [-0.15, -0.1) is 0 Å². The van der Waals surface area contributed by atoms with Gasteiger partial charge in [0.15, 0.2) is 0 Å². The summed E-state index contributed by atoms with van der Waals surface area (Å²) >= 11 is 0. The highest BCUT2D eigenvalue weighted by atomic mass is 19.4. The van der Waals surface area contributed by atoms with Gasteiger partial charge in [-0.3, -0.25) is 20.0 Å². The molecule has 2 aromatic rings. The first-order chi connectivity index (χ1) is 18.7. The average molecular weight is 557 g/mol. The van der Waals surface area contributed by atoms with Crippen LogP contribution in [0.2, 0.25) is 0 Å². The van der Waals surface area contributed by atoms with Gasteiger partial charge in [-0.2, -0.15) is 18.4 Å². The summed E-state index contributed by atoms with van der Waals surface area (Å²) in [7, 11) is 2.68. The number of guanidine groups is 1. The maximum absolute atomic E-state index is 13.5. The predicted octanol–water partition coefficient (Wildman–Crippen LogP) is 3.92. The number of benzene rings is 2. The minimum Gasteiger partial charge on any atom is -0.466 e. The van der Waals surface area contributed by atoms with Crippen molar-refractivity contribution in [3.63, 3.8) is 0 Å². The smallest absolute Gasteiger partial charge is 0.416 e. The fourth-order valence-corrected chi connectivity index (χ4v) is 4.47. The third-order valence-electron chi connectivity index (χ3n) is 6.59. The van der Waals surface area contributed by atoms with Crippen molar-refractivity contribution in [3.05, 3.63) is 76.0 Å². The van der Waals surface area contributed by atoms with Crippen LogP contribution in [0.3, 0.4) is 0 Å². The van der Waals surface area contributed by atoms with Crippen molar-refractivity contribution in [2.24, 2.45) is 5.73 Å². The summed E-state index contributed by atoms with van der Waals surface area (Å²) in [5.74, 6) is -1.72. The number of ether oxygens (including phenoxy) is 1. The Morgan fingerprint density at radius 2 is 1.88 bits per heavy atom. The number of alkyl halides is 3. The first-order valence-electron chi connectivity index (χ1n) is 11.9. The van der Waals surface area contributed by atoms with Gasteiger partial charge in [0.2, 0.25) is 11.9 Å². The Morgan fingerprint density at radius 3 is 2.42 bits per heavy atom. The fourth-order valence-electron chi connectivity index (χ4n) is 4.47. The van der Waals surface area contributed by atoms with E-state index < -0.39 is 35.7 Å². The van der Waals surface area contributed by atoms with E-state index in [2.05, 4.69) is 0 Å². The Kier molecular flexibility index (Phi) is 8.52. The molecular weight excluding hydrogens is 529 g/mol. The van der Waals surface area contributed by atoms with Crippen LogP contribution in [0.15, 0.2) is 53.7 Å². The van der Waals surface area contributed by atoms with Crippen molar-refractivity contribution in [3.8, 4) is 6.07 Å². The minimum atomic E-state index is -4.69. The Hall–Kier alpha value is -4.86. The summed E-state index contributed by atoms with van der Waals surface area (Å²) < 4.78 is 45.4. The molecule has 0 aromatic heterocycles. The zero-order chi connectivity index (χ0) is 29.9. The summed E-state index contributed by atoms with van der Waals surface area (Å²) in [6, 6.07) is 8.13. The molecule has 0 saturated carbocycles. The molecule has 13 heteroatoms. The van der Waals surface area contributed by atoms with E-state index >= 15 is 0 Å². The van der Waals surface area contributed by atoms with Crippen LogP contribution >= 0.6 is 0 Å². The molecule has 0 spiro atoms. The number of amides is 3. The molecule has 2 aromatic carbocycles. The van der Waals surface area contributed by atoms with E-state index in [-0.39, 0.29) is 41.4 Å². The zero-order valence-electron chi connectivity index (χ0n) is 22.2. The number of rotatable bonds is 6. The van der Waals surface area contributed by atoms with Crippen LogP contribution in [0.5, 0.6) is 0 Å². The van der Waals surface area contributed by atoms with Crippen LogP contribution < -0.4 is 10.6 Å². The van der Waals surface area contributed by atoms with Gasteiger partial charge in [0, 0.05) is 31.9 Å². The number of hydrogen-bond acceptors (Lipinski definition) is 6. The summed E-state index contributed by atoms with van der Waals surface area (Å²) in [4.78, 5) is 41.0. The number of carbonyl (C=O) groups excluding carboxylic acids is 3. The lowest BCUT2D eigenvalue weighted by Crippen LogP contribution is -2.55. The molecule has 10 nitrogen and oxygen atoms in total. The van der Waals surface area contributed by atoms with Crippen molar-refractivity contribution < 1.29 is 32.3 Å². The van der Waals surface area contributed by atoms with Crippen molar-refractivity contribution >= 4 is 29.6 Å². The topological polar surface area (TPSA) is 144 Å². The Bertz CT molecular complexity index is 1450. The van der Waals surface area contributed by atoms with Crippen LogP contribution in [0.25, 0.3) is 0 Å². The number of nitrogens with zero attached hydrogens (tertiary/aromatic N) is 4. The molecule has 1 aliphatic rings. The minimum absolute atomic E-state index is 0.0369. The number of likely N-dealkylation sites (N-methyl/N-ethyl adjacent to an activating group) is 1. The van der Waals surface area contributed by atoms with E-state index in [0.717, 1.165) is 35.1 Å². The number of allylic oxidation sites excluding steroid dienone is 1. The predicted molar refractivity (Wildman–Crippen MR) is 139 cm³/mol. The van der Waals surface area contributed by atoms with Gasteiger partial charge >= 0.3 is 18.2 Å². The third-order valence-corrected chi connectivity index (χ3v) is 6.59. The number of anilines is 1. The third kappa shape index (κ3) is 5.75. The monoisotopic (exact) mass is 556 g/mol. The first kappa shape index (κ1) is 29.7. The summed E-state index contributed by atoms with van der Waals surface area (Å²) in [5.41, 5.74) is 5.53. The number of nitrogens with two attached hydrogens (primary N) is 1. The summed E-state index contributed by atoms with van der Waals surface area (Å²) in [5, 5.41) is 18.3. The number of urea groups is 1. The summed E-state index contributed by atoms with van der Waals surface area (Å²) in [6.07, 6.45) is -4.48. The van der Waals surface area contributed by atoms with E-state index in [4.69, 9.17) is 15.9 Å². The van der Waals surface area contributed by atoms with Crippen molar-refractivity contribution in [1.82, 2.24) is 9.80 Å². The highest BCUT2D eigenvalue weighted by molar-refractivity contribution is 6.10. The highest BCUT2D eigenvalue weighted by Gasteiger charge is 2.44. The lowest BCUT2D eigenvalue weighted by molar-refractivity contribution is -0.138. The largest absolute Gasteiger partial charge is 0.466 e. The highest BCUT2D eigenvalue weighted by Crippen LogP contribution is 2.42. The van der Waals surface area contributed by atoms with Gasteiger partial charge in [-0.05, 0) is 54.8 Å². The van der Waals surface area contributed by atoms with Crippen molar-refractivity contribution in [2.45, 2.75) is 32.5 Å². The van der Waals surface area contributed by atoms with Gasteiger partial charge in [0.25, 0.3) is 0 Å².